The molecule has 1 heterocycles. The fourth-order valence-corrected chi connectivity index (χ4v) is 0.422. The van der Waals surface area contributed by atoms with E-state index < -0.39 is 11.6 Å². The summed E-state index contributed by atoms with van der Waals surface area (Å²) in [6, 6.07) is 0. The maximum atomic E-state index is 10.2. The van der Waals surface area contributed by atoms with E-state index in [1.54, 1.807) is 0 Å². The lowest BCUT2D eigenvalue weighted by atomic mass is 10.2. The van der Waals surface area contributed by atoms with Gasteiger partial charge in [0.2, 0.25) is 5.66 Å². The van der Waals surface area contributed by atoms with Crippen LogP contribution >= 0.6 is 0 Å². The number of rotatable bonds is 1. The van der Waals surface area contributed by atoms with Crippen LogP contribution in [-0.4, -0.2) is 16.7 Å². The van der Waals surface area contributed by atoms with Gasteiger partial charge < -0.3 is 9.94 Å². The predicted octanol–water partition coefficient (Wildman–Crippen LogP) is -1.23. The molecule has 1 rings (SSSR count). The van der Waals surface area contributed by atoms with Gasteiger partial charge in [-0.05, 0) is 0 Å². The largest absolute Gasteiger partial charge is 0.479 e. The van der Waals surface area contributed by atoms with Gasteiger partial charge in [-0.1, -0.05) is 0 Å². The molecule has 4 N–H and O–H groups in total. The molecule has 0 saturated carbocycles. The second-order valence-corrected chi connectivity index (χ2v) is 1.70. The van der Waals surface area contributed by atoms with Gasteiger partial charge in [0.15, 0.2) is 0 Å². The van der Waals surface area contributed by atoms with Crippen LogP contribution in [0.4, 0.5) is 0 Å². The zero-order valence-electron chi connectivity index (χ0n) is 4.50. The van der Waals surface area contributed by atoms with Crippen LogP contribution in [-0.2, 0) is 9.63 Å². The summed E-state index contributed by atoms with van der Waals surface area (Å²) in [5.74, 6) is -1.17. The normalized spacial score (nSPS) is 32.1. The minimum atomic E-state index is -1.54. The van der Waals surface area contributed by atoms with Crippen LogP contribution in [0.3, 0.4) is 0 Å². The quantitative estimate of drug-likeness (QED) is 0.414. The van der Waals surface area contributed by atoms with Crippen molar-refractivity contribution in [1.29, 1.82) is 0 Å². The average Bonchev–Trinajstić information content (AvgIpc) is 2.16. The number of hydrogen-bond donors (Lipinski definition) is 3. The molecular weight excluding hydrogens is 124 g/mol. The predicted molar refractivity (Wildman–Crippen MR) is 27.9 cm³/mol. The van der Waals surface area contributed by atoms with Crippen LogP contribution in [0, 0.1) is 0 Å². The van der Waals surface area contributed by atoms with Gasteiger partial charge in [0.05, 0.1) is 0 Å². The molecule has 0 saturated heterocycles. The number of hydrogen-bond acceptors (Lipinski definition) is 4. The van der Waals surface area contributed by atoms with E-state index in [1.165, 1.54) is 12.3 Å². The lowest BCUT2D eigenvalue weighted by molar-refractivity contribution is -0.145. The Morgan fingerprint density at radius 2 is 2.56 bits per heavy atom. The lowest BCUT2D eigenvalue weighted by Crippen LogP contribution is -2.55. The van der Waals surface area contributed by atoms with E-state index >= 15 is 0 Å². The minimum absolute atomic E-state index is 1.17. The van der Waals surface area contributed by atoms with Gasteiger partial charge in [0.1, 0.15) is 6.26 Å². The minimum Gasteiger partial charge on any atom is -0.479 e. The molecule has 5 heteroatoms. The Bertz CT molecular complexity index is 167. The van der Waals surface area contributed by atoms with Crippen LogP contribution in [0.1, 0.15) is 0 Å². The monoisotopic (exact) mass is 130 g/mol. The van der Waals surface area contributed by atoms with Gasteiger partial charge in [-0.2, -0.15) is 0 Å². The zero-order valence-corrected chi connectivity index (χ0v) is 4.50. The fourth-order valence-electron chi connectivity index (χ4n) is 0.422. The Balaban J connectivity index is 2.74. The summed E-state index contributed by atoms with van der Waals surface area (Å²) in [7, 11) is 0. The first-order valence-electron chi connectivity index (χ1n) is 2.28. The van der Waals surface area contributed by atoms with Gasteiger partial charge in [-0.25, -0.2) is 4.79 Å². The lowest BCUT2D eigenvalue weighted by Gasteiger charge is -2.13. The summed E-state index contributed by atoms with van der Waals surface area (Å²) in [6.07, 6.45) is 2.41. The molecular formula is C4H6N2O3. The molecule has 0 radical (unpaired) electrons. The van der Waals surface area contributed by atoms with Crippen LogP contribution in [0.15, 0.2) is 12.3 Å². The Hall–Kier alpha value is -1.07. The van der Waals surface area contributed by atoms with Gasteiger partial charge >= 0.3 is 5.97 Å². The van der Waals surface area contributed by atoms with Crippen LogP contribution in [0.25, 0.3) is 0 Å². The molecule has 0 fully saturated rings. The van der Waals surface area contributed by atoms with Gasteiger partial charge in [-0.15, -0.1) is 5.48 Å². The van der Waals surface area contributed by atoms with Crippen molar-refractivity contribution < 1.29 is 14.7 Å². The molecule has 1 atom stereocenters. The summed E-state index contributed by atoms with van der Waals surface area (Å²) < 4.78 is 0. The number of aliphatic carboxylic acids is 1. The summed E-state index contributed by atoms with van der Waals surface area (Å²) in [6.45, 7) is 0. The van der Waals surface area contributed by atoms with Gasteiger partial charge in [0.25, 0.3) is 0 Å². The molecule has 1 aliphatic rings. The van der Waals surface area contributed by atoms with Crippen molar-refractivity contribution in [3.05, 3.63) is 12.3 Å². The molecule has 0 aliphatic carbocycles. The van der Waals surface area contributed by atoms with Crippen molar-refractivity contribution >= 4 is 5.97 Å². The van der Waals surface area contributed by atoms with Crippen LogP contribution in [0.2, 0.25) is 0 Å². The third kappa shape index (κ3) is 0.868. The topological polar surface area (TPSA) is 84.6 Å². The van der Waals surface area contributed by atoms with Crippen molar-refractivity contribution in [3.8, 4) is 0 Å². The molecule has 9 heavy (non-hydrogen) atoms. The van der Waals surface area contributed by atoms with Crippen molar-refractivity contribution in [3.63, 3.8) is 0 Å². The van der Waals surface area contributed by atoms with E-state index in [-0.39, 0.29) is 0 Å². The smallest absolute Gasteiger partial charge is 0.346 e. The molecule has 0 aromatic carbocycles. The molecule has 0 spiro atoms. The molecule has 0 aromatic heterocycles. The summed E-state index contributed by atoms with van der Waals surface area (Å²) >= 11 is 0. The van der Waals surface area contributed by atoms with Gasteiger partial charge in [0, 0.05) is 6.08 Å². The third-order valence-corrected chi connectivity index (χ3v) is 0.981. The first-order valence-corrected chi connectivity index (χ1v) is 2.28. The second-order valence-electron chi connectivity index (χ2n) is 1.70. The Labute approximate surface area is 51.1 Å². The van der Waals surface area contributed by atoms with E-state index in [0.717, 1.165) is 0 Å². The van der Waals surface area contributed by atoms with Crippen molar-refractivity contribution in [1.82, 2.24) is 5.48 Å². The average molecular weight is 130 g/mol. The highest BCUT2D eigenvalue weighted by molar-refractivity contribution is 5.80. The molecule has 50 valence electrons. The number of nitrogens with two attached hydrogens (primary N) is 1. The number of hydroxylamine groups is 1. The van der Waals surface area contributed by atoms with E-state index in [0.29, 0.717) is 0 Å². The maximum absolute atomic E-state index is 10.2. The highest BCUT2D eigenvalue weighted by Gasteiger charge is 2.34. The molecule has 1 aliphatic heterocycles. The fraction of sp³-hybridized carbons (Fsp3) is 0.250. The number of nitrogens with one attached hydrogen (secondary N) is 1. The number of carboxylic acid groups (broad SMARTS) is 1. The van der Waals surface area contributed by atoms with Crippen LogP contribution in [0.5, 0.6) is 0 Å². The third-order valence-electron chi connectivity index (χ3n) is 0.981. The van der Waals surface area contributed by atoms with Crippen molar-refractivity contribution in [2.45, 2.75) is 5.66 Å². The van der Waals surface area contributed by atoms with Crippen LogP contribution < -0.4 is 11.2 Å². The summed E-state index contributed by atoms with van der Waals surface area (Å²) in [5.41, 5.74) is 5.74. The standard InChI is InChI=1S/C4H6N2O3/c5-4(3(7)8)1-2-9-6-4/h1-2,6H,5H2,(H,7,8). The van der Waals surface area contributed by atoms with Gasteiger partial charge in [-0.3, -0.25) is 5.73 Å². The molecule has 1 unspecified atom stereocenters. The maximum Gasteiger partial charge on any atom is 0.346 e. The molecule has 0 aromatic rings. The van der Waals surface area contributed by atoms with Crippen molar-refractivity contribution in [2.24, 2.45) is 5.73 Å². The first kappa shape index (κ1) is 6.06. The number of carbonyl (C=O) groups is 1. The summed E-state index contributed by atoms with van der Waals surface area (Å²) in [4.78, 5) is 14.6. The molecule has 5 nitrogen and oxygen atoms in total. The first-order chi connectivity index (χ1) is 4.15. The van der Waals surface area contributed by atoms with E-state index in [4.69, 9.17) is 10.8 Å². The zero-order chi connectivity index (χ0) is 6.91. The van der Waals surface area contributed by atoms with E-state index in [9.17, 15) is 4.79 Å². The molecule has 0 bridgehead atoms. The Morgan fingerprint density at radius 1 is 1.89 bits per heavy atom. The van der Waals surface area contributed by atoms with E-state index in [1.807, 2.05) is 0 Å². The number of carboxylic acids is 1. The van der Waals surface area contributed by atoms with Crippen molar-refractivity contribution in [2.75, 3.05) is 0 Å². The van der Waals surface area contributed by atoms with E-state index in [2.05, 4.69) is 10.3 Å². The summed E-state index contributed by atoms with van der Waals surface area (Å²) in [5, 5.41) is 8.35. The highest BCUT2D eigenvalue weighted by Crippen LogP contribution is 2.04. The Kier molecular flexibility index (Phi) is 1.15. The highest BCUT2D eigenvalue weighted by atomic mass is 16.7. The SMILES string of the molecule is NC1(C(=O)O)C=CON1. The second kappa shape index (κ2) is 1.71. The molecule has 0 amide bonds. The Morgan fingerprint density at radius 3 is 2.78 bits per heavy atom.